The summed E-state index contributed by atoms with van der Waals surface area (Å²) in [6.07, 6.45) is 2.29. The first-order chi connectivity index (χ1) is 9.23. The van der Waals surface area contributed by atoms with E-state index in [2.05, 4.69) is 23.9 Å². The Balaban J connectivity index is 2.04. The van der Waals surface area contributed by atoms with E-state index in [1.165, 1.54) is 5.75 Å². The predicted octanol–water partition coefficient (Wildman–Crippen LogP) is 3.00. The van der Waals surface area contributed by atoms with Crippen LogP contribution < -0.4 is 10.0 Å². The first-order valence-electron chi connectivity index (χ1n) is 6.66. The van der Waals surface area contributed by atoms with Crippen molar-refractivity contribution < 1.29 is 8.42 Å². The van der Waals surface area contributed by atoms with Gasteiger partial charge in [0.2, 0.25) is 10.0 Å². The molecule has 1 fully saturated rings. The lowest BCUT2D eigenvalue weighted by Crippen LogP contribution is -2.35. The van der Waals surface area contributed by atoms with E-state index in [0.29, 0.717) is 17.1 Å². The van der Waals surface area contributed by atoms with E-state index in [1.807, 2.05) is 30.0 Å². The van der Waals surface area contributed by atoms with Crippen LogP contribution >= 0.6 is 11.8 Å². The Morgan fingerprint density at radius 3 is 2.65 bits per heavy atom. The number of hydrogen-bond donors (Lipinski definition) is 2. The second-order valence-corrected chi connectivity index (χ2v) is 8.96. The SMILES string of the molecule is CC1(C)CSCC(Nc2cccc(NS(C)(=O)=O)c2)C1. The predicted molar refractivity (Wildman–Crippen MR) is 88.0 cm³/mol. The van der Waals surface area contributed by atoms with Crippen LogP contribution in [0.4, 0.5) is 11.4 Å². The summed E-state index contributed by atoms with van der Waals surface area (Å²) in [5.41, 5.74) is 1.91. The molecule has 0 amide bonds. The van der Waals surface area contributed by atoms with Gasteiger partial charge in [-0.25, -0.2) is 8.42 Å². The van der Waals surface area contributed by atoms with Gasteiger partial charge in [0.05, 0.1) is 11.9 Å². The van der Waals surface area contributed by atoms with Crippen molar-refractivity contribution in [1.29, 1.82) is 0 Å². The molecule has 4 nitrogen and oxygen atoms in total. The molecule has 1 heterocycles. The molecule has 1 aromatic rings. The van der Waals surface area contributed by atoms with Crippen molar-refractivity contribution in [3.8, 4) is 0 Å². The summed E-state index contributed by atoms with van der Waals surface area (Å²) >= 11 is 1.97. The molecule has 0 spiro atoms. The molecule has 6 heteroatoms. The molecule has 1 aromatic carbocycles. The first kappa shape index (κ1) is 15.5. The molecule has 0 radical (unpaired) electrons. The van der Waals surface area contributed by atoms with Crippen molar-refractivity contribution in [2.24, 2.45) is 5.41 Å². The fraction of sp³-hybridized carbons (Fsp3) is 0.571. The smallest absolute Gasteiger partial charge is 0.229 e. The number of rotatable bonds is 4. The molecular formula is C14H22N2O2S2. The normalized spacial score (nSPS) is 22.2. The Morgan fingerprint density at radius 1 is 1.30 bits per heavy atom. The topological polar surface area (TPSA) is 58.2 Å². The molecule has 1 saturated heterocycles. The van der Waals surface area contributed by atoms with Crippen LogP contribution in [-0.4, -0.2) is 32.2 Å². The van der Waals surface area contributed by atoms with Crippen LogP contribution in [0.5, 0.6) is 0 Å². The fourth-order valence-corrected chi connectivity index (χ4v) is 4.31. The van der Waals surface area contributed by atoms with Gasteiger partial charge >= 0.3 is 0 Å². The lowest BCUT2D eigenvalue weighted by Gasteiger charge is -2.35. The highest BCUT2D eigenvalue weighted by Gasteiger charge is 2.28. The van der Waals surface area contributed by atoms with E-state index in [0.717, 1.165) is 24.1 Å². The Morgan fingerprint density at radius 2 is 2.00 bits per heavy atom. The molecule has 1 aliphatic rings. The van der Waals surface area contributed by atoms with Gasteiger partial charge in [-0.3, -0.25) is 4.72 Å². The molecule has 0 aliphatic carbocycles. The Bertz CT molecular complexity index is 570. The zero-order valence-electron chi connectivity index (χ0n) is 12.1. The van der Waals surface area contributed by atoms with Crippen LogP contribution in [0, 0.1) is 5.41 Å². The third kappa shape index (κ3) is 4.90. The number of sulfonamides is 1. The van der Waals surface area contributed by atoms with Crippen LogP contribution in [0.1, 0.15) is 20.3 Å². The Labute approximate surface area is 125 Å². The quantitative estimate of drug-likeness (QED) is 0.897. The minimum absolute atomic E-state index is 0.350. The molecule has 2 rings (SSSR count). The molecule has 0 saturated carbocycles. The van der Waals surface area contributed by atoms with E-state index in [9.17, 15) is 8.42 Å². The standard InChI is InChI=1S/C14H22N2O2S2/c1-14(2)8-13(9-19-10-14)15-11-5-4-6-12(7-11)16-20(3,17)18/h4-7,13,15-16H,8-10H2,1-3H3. The van der Waals surface area contributed by atoms with Gasteiger partial charge < -0.3 is 5.32 Å². The average Bonchev–Trinajstić information content (AvgIpc) is 2.25. The summed E-state index contributed by atoms with van der Waals surface area (Å²) in [4.78, 5) is 0. The minimum atomic E-state index is -3.23. The molecule has 2 N–H and O–H groups in total. The maximum Gasteiger partial charge on any atom is 0.229 e. The van der Waals surface area contributed by atoms with Crippen LogP contribution in [0.25, 0.3) is 0 Å². The Hall–Kier alpha value is -0.880. The average molecular weight is 314 g/mol. The molecule has 0 bridgehead atoms. The van der Waals surface area contributed by atoms with E-state index >= 15 is 0 Å². The first-order valence-corrected chi connectivity index (χ1v) is 9.70. The lowest BCUT2D eigenvalue weighted by atomic mass is 9.88. The highest BCUT2D eigenvalue weighted by Crippen LogP contribution is 2.34. The summed E-state index contributed by atoms with van der Waals surface area (Å²) in [7, 11) is -3.23. The number of nitrogens with one attached hydrogen (secondary N) is 2. The third-order valence-electron chi connectivity index (χ3n) is 3.15. The van der Waals surface area contributed by atoms with Crippen molar-refractivity contribution in [2.75, 3.05) is 27.8 Å². The molecule has 1 unspecified atom stereocenters. The monoisotopic (exact) mass is 314 g/mol. The molecule has 1 aliphatic heterocycles. The highest BCUT2D eigenvalue weighted by molar-refractivity contribution is 7.99. The van der Waals surface area contributed by atoms with Gasteiger partial charge in [-0.1, -0.05) is 19.9 Å². The summed E-state index contributed by atoms with van der Waals surface area (Å²) in [6, 6.07) is 7.85. The van der Waals surface area contributed by atoms with Crippen LogP contribution in [0.3, 0.4) is 0 Å². The van der Waals surface area contributed by atoms with Crippen LogP contribution in [0.15, 0.2) is 24.3 Å². The lowest BCUT2D eigenvalue weighted by molar-refractivity contribution is 0.358. The fourth-order valence-electron chi connectivity index (χ4n) is 2.48. The Kier molecular flexibility index (Phi) is 4.54. The van der Waals surface area contributed by atoms with Gasteiger partial charge in [-0.05, 0) is 35.8 Å². The second kappa shape index (κ2) is 5.85. The molecule has 20 heavy (non-hydrogen) atoms. The maximum absolute atomic E-state index is 11.3. The maximum atomic E-state index is 11.3. The van der Waals surface area contributed by atoms with Gasteiger partial charge in [0, 0.05) is 17.5 Å². The second-order valence-electron chi connectivity index (χ2n) is 6.18. The van der Waals surface area contributed by atoms with E-state index in [-0.39, 0.29) is 0 Å². The number of benzene rings is 1. The number of hydrogen-bond acceptors (Lipinski definition) is 4. The molecule has 112 valence electrons. The highest BCUT2D eigenvalue weighted by atomic mass is 32.2. The number of thioether (sulfide) groups is 1. The minimum Gasteiger partial charge on any atom is -0.381 e. The van der Waals surface area contributed by atoms with Gasteiger partial charge in [0.1, 0.15) is 0 Å². The van der Waals surface area contributed by atoms with Crippen molar-refractivity contribution in [1.82, 2.24) is 0 Å². The summed E-state index contributed by atoms with van der Waals surface area (Å²) in [6.45, 7) is 4.57. The van der Waals surface area contributed by atoms with Crippen LogP contribution in [-0.2, 0) is 10.0 Å². The summed E-state index contributed by atoms with van der Waals surface area (Å²) < 4.78 is 25.0. The van der Waals surface area contributed by atoms with Crippen LogP contribution in [0.2, 0.25) is 0 Å². The molecule has 1 atom stereocenters. The van der Waals surface area contributed by atoms with Gasteiger partial charge in [-0.15, -0.1) is 0 Å². The zero-order valence-corrected chi connectivity index (χ0v) is 13.8. The van der Waals surface area contributed by atoms with Crippen molar-refractivity contribution in [2.45, 2.75) is 26.3 Å². The van der Waals surface area contributed by atoms with E-state index in [4.69, 9.17) is 0 Å². The largest absolute Gasteiger partial charge is 0.381 e. The third-order valence-corrected chi connectivity index (χ3v) is 5.38. The number of anilines is 2. The van der Waals surface area contributed by atoms with Gasteiger partial charge in [0.25, 0.3) is 0 Å². The van der Waals surface area contributed by atoms with Gasteiger partial charge in [0.15, 0.2) is 0 Å². The van der Waals surface area contributed by atoms with Crippen molar-refractivity contribution in [3.63, 3.8) is 0 Å². The van der Waals surface area contributed by atoms with Gasteiger partial charge in [-0.2, -0.15) is 11.8 Å². The van der Waals surface area contributed by atoms with E-state index in [1.54, 1.807) is 6.07 Å². The molecular weight excluding hydrogens is 292 g/mol. The zero-order chi connectivity index (χ0) is 14.8. The summed E-state index contributed by atoms with van der Waals surface area (Å²) in [5, 5.41) is 3.51. The summed E-state index contributed by atoms with van der Waals surface area (Å²) in [5.74, 6) is 2.29. The molecule has 0 aromatic heterocycles. The van der Waals surface area contributed by atoms with Crippen molar-refractivity contribution >= 4 is 33.2 Å². The van der Waals surface area contributed by atoms with E-state index < -0.39 is 10.0 Å². The van der Waals surface area contributed by atoms with Crippen molar-refractivity contribution in [3.05, 3.63) is 24.3 Å².